The van der Waals surface area contributed by atoms with Gasteiger partial charge < -0.3 is 14.9 Å². The van der Waals surface area contributed by atoms with Crippen LogP contribution in [0.15, 0.2) is 54.6 Å². The van der Waals surface area contributed by atoms with Gasteiger partial charge in [-0.05, 0) is 49.6 Å². The highest BCUT2D eigenvalue weighted by Gasteiger charge is 2.07. The molecule has 136 valence electrons. The molecule has 0 saturated carbocycles. The minimum atomic E-state index is -0.365. The van der Waals surface area contributed by atoms with E-state index in [1.54, 1.807) is 6.92 Å². The van der Waals surface area contributed by atoms with Crippen LogP contribution in [0.25, 0.3) is 0 Å². The van der Waals surface area contributed by atoms with E-state index in [4.69, 9.17) is 9.84 Å². The number of rotatable bonds is 11. The van der Waals surface area contributed by atoms with Gasteiger partial charge in [0.1, 0.15) is 12.4 Å². The molecule has 0 spiro atoms. The summed E-state index contributed by atoms with van der Waals surface area (Å²) in [5.41, 5.74) is 2.45. The summed E-state index contributed by atoms with van der Waals surface area (Å²) in [5, 5.41) is 18.6. The Labute approximate surface area is 150 Å². The Kier molecular flexibility index (Phi) is 8.46. The van der Waals surface area contributed by atoms with Gasteiger partial charge in [0.25, 0.3) is 0 Å². The summed E-state index contributed by atoms with van der Waals surface area (Å²) in [7, 11) is 0. The van der Waals surface area contributed by atoms with E-state index in [0.717, 1.165) is 30.7 Å². The number of hydrogen-bond donors (Lipinski definition) is 2. The molecule has 4 heteroatoms. The number of hydrogen-bond acceptors (Lipinski definition) is 4. The zero-order valence-corrected chi connectivity index (χ0v) is 15.0. The van der Waals surface area contributed by atoms with Crippen LogP contribution in [0.3, 0.4) is 0 Å². The molecule has 2 aromatic rings. The second-order valence-electron chi connectivity index (χ2n) is 6.40. The molecule has 2 aromatic carbocycles. The largest absolute Gasteiger partial charge is 0.489 e. The Morgan fingerprint density at radius 3 is 2.28 bits per heavy atom. The van der Waals surface area contributed by atoms with Crippen LogP contribution in [-0.4, -0.2) is 47.5 Å². The highest BCUT2D eigenvalue weighted by molar-refractivity contribution is 5.24. The average Bonchev–Trinajstić information content (AvgIpc) is 2.61. The summed E-state index contributed by atoms with van der Waals surface area (Å²) < 4.78 is 5.75. The molecule has 2 rings (SSSR count). The van der Waals surface area contributed by atoms with Crippen molar-refractivity contribution in [3.8, 4) is 5.75 Å². The molecule has 0 amide bonds. The Balaban J connectivity index is 1.74. The highest BCUT2D eigenvalue weighted by Crippen LogP contribution is 2.13. The van der Waals surface area contributed by atoms with Crippen LogP contribution in [0.2, 0.25) is 0 Å². The number of aliphatic hydroxyl groups excluding tert-OH is 2. The molecule has 0 bridgehead atoms. The van der Waals surface area contributed by atoms with Crippen LogP contribution in [0, 0.1) is 0 Å². The van der Waals surface area contributed by atoms with E-state index in [1.165, 1.54) is 5.56 Å². The predicted molar refractivity (Wildman–Crippen MR) is 101 cm³/mol. The highest BCUT2D eigenvalue weighted by atomic mass is 16.5. The van der Waals surface area contributed by atoms with E-state index in [0.29, 0.717) is 19.7 Å². The molecule has 0 aliphatic rings. The molecular weight excluding hydrogens is 314 g/mol. The van der Waals surface area contributed by atoms with Crippen molar-refractivity contribution in [2.45, 2.75) is 32.5 Å². The summed E-state index contributed by atoms with van der Waals surface area (Å²) in [6.07, 6.45) is 1.63. The number of ether oxygens (including phenoxy) is 1. The first-order valence-corrected chi connectivity index (χ1v) is 8.94. The SMILES string of the molecule is C[C@@H](O)CN(CCO)CCCc1ccc(COc2ccccc2)cc1. The molecule has 0 saturated heterocycles. The second kappa shape index (κ2) is 10.9. The van der Waals surface area contributed by atoms with Gasteiger partial charge in [-0.3, -0.25) is 4.90 Å². The van der Waals surface area contributed by atoms with Crippen molar-refractivity contribution in [1.29, 1.82) is 0 Å². The normalized spacial score (nSPS) is 12.3. The van der Waals surface area contributed by atoms with Crippen LogP contribution in [-0.2, 0) is 13.0 Å². The number of benzene rings is 2. The molecule has 0 aromatic heterocycles. The van der Waals surface area contributed by atoms with Crippen molar-refractivity contribution >= 4 is 0 Å². The van der Waals surface area contributed by atoms with Crippen LogP contribution < -0.4 is 4.74 Å². The maximum Gasteiger partial charge on any atom is 0.119 e. The smallest absolute Gasteiger partial charge is 0.119 e. The van der Waals surface area contributed by atoms with Crippen LogP contribution in [0.5, 0.6) is 5.75 Å². The minimum absolute atomic E-state index is 0.128. The van der Waals surface area contributed by atoms with Crippen molar-refractivity contribution in [1.82, 2.24) is 4.90 Å². The van der Waals surface area contributed by atoms with Gasteiger partial charge >= 0.3 is 0 Å². The van der Waals surface area contributed by atoms with Crippen LogP contribution in [0.4, 0.5) is 0 Å². The predicted octanol–water partition coefficient (Wildman–Crippen LogP) is 2.87. The van der Waals surface area contributed by atoms with Crippen molar-refractivity contribution in [2.75, 3.05) is 26.2 Å². The molecule has 0 aliphatic carbocycles. The van der Waals surface area contributed by atoms with Crippen LogP contribution in [0.1, 0.15) is 24.5 Å². The molecule has 0 unspecified atom stereocenters. The third kappa shape index (κ3) is 7.69. The summed E-state index contributed by atoms with van der Waals surface area (Å²) in [6, 6.07) is 18.3. The fraction of sp³-hybridized carbons (Fsp3) is 0.429. The quantitative estimate of drug-likeness (QED) is 0.659. The fourth-order valence-electron chi connectivity index (χ4n) is 2.80. The molecule has 25 heavy (non-hydrogen) atoms. The van der Waals surface area contributed by atoms with E-state index in [-0.39, 0.29) is 12.7 Å². The molecule has 0 radical (unpaired) electrons. The maximum absolute atomic E-state index is 9.49. The molecular formula is C21H29NO3. The number of nitrogens with zero attached hydrogens (tertiary/aromatic N) is 1. The second-order valence-corrected chi connectivity index (χ2v) is 6.40. The first kappa shape index (κ1) is 19.4. The van der Waals surface area contributed by atoms with Crippen molar-refractivity contribution in [3.05, 3.63) is 65.7 Å². The number of aliphatic hydroxyl groups is 2. The van der Waals surface area contributed by atoms with E-state index >= 15 is 0 Å². The van der Waals surface area contributed by atoms with E-state index in [1.807, 2.05) is 30.3 Å². The van der Waals surface area contributed by atoms with Gasteiger partial charge in [0, 0.05) is 13.1 Å². The third-order valence-electron chi connectivity index (χ3n) is 4.05. The minimum Gasteiger partial charge on any atom is -0.489 e. The number of para-hydroxylation sites is 1. The lowest BCUT2D eigenvalue weighted by Crippen LogP contribution is -2.34. The Bertz CT molecular complexity index is 584. The van der Waals surface area contributed by atoms with E-state index < -0.39 is 0 Å². The fourth-order valence-corrected chi connectivity index (χ4v) is 2.80. The summed E-state index contributed by atoms with van der Waals surface area (Å²) in [6.45, 7) is 4.58. The molecule has 4 nitrogen and oxygen atoms in total. The van der Waals surface area contributed by atoms with Gasteiger partial charge in [0.05, 0.1) is 12.7 Å². The third-order valence-corrected chi connectivity index (χ3v) is 4.05. The molecule has 0 fully saturated rings. The van der Waals surface area contributed by atoms with Gasteiger partial charge in [-0.15, -0.1) is 0 Å². The Hall–Kier alpha value is -1.88. The Morgan fingerprint density at radius 2 is 1.64 bits per heavy atom. The van der Waals surface area contributed by atoms with E-state index in [2.05, 4.69) is 29.2 Å². The first-order valence-electron chi connectivity index (χ1n) is 8.94. The van der Waals surface area contributed by atoms with Gasteiger partial charge in [0.2, 0.25) is 0 Å². The monoisotopic (exact) mass is 343 g/mol. The van der Waals surface area contributed by atoms with Gasteiger partial charge in [0.15, 0.2) is 0 Å². The van der Waals surface area contributed by atoms with Crippen molar-refractivity contribution < 1.29 is 14.9 Å². The topological polar surface area (TPSA) is 52.9 Å². The van der Waals surface area contributed by atoms with Gasteiger partial charge in [-0.25, -0.2) is 0 Å². The molecule has 0 aliphatic heterocycles. The van der Waals surface area contributed by atoms with Gasteiger partial charge in [-0.1, -0.05) is 42.5 Å². The molecule has 0 heterocycles. The van der Waals surface area contributed by atoms with Crippen molar-refractivity contribution in [3.63, 3.8) is 0 Å². The Morgan fingerprint density at radius 1 is 0.960 bits per heavy atom. The summed E-state index contributed by atoms with van der Waals surface area (Å²) >= 11 is 0. The maximum atomic E-state index is 9.49. The zero-order chi connectivity index (χ0) is 17.9. The lowest BCUT2D eigenvalue weighted by molar-refractivity contribution is 0.110. The van der Waals surface area contributed by atoms with E-state index in [9.17, 15) is 5.11 Å². The first-order chi connectivity index (χ1) is 12.2. The molecule has 1 atom stereocenters. The lowest BCUT2D eigenvalue weighted by atomic mass is 10.1. The van der Waals surface area contributed by atoms with Crippen LogP contribution >= 0.6 is 0 Å². The lowest BCUT2D eigenvalue weighted by Gasteiger charge is -2.22. The number of aryl methyl sites for hydroxylation is 1. The summed E-state index contributed by atoms with van der Waals surface area (Å²) in [5.74, 6) is 0.883. The standard InChI is InChI=1S/C21H29NO3/c1-18(24)16-22(14-15-23)13-5-6-19-9-11-20(12-10-19)17-25-21-7-3-2-4-8-21/h2-4,7-12,18,23-24H,5-6,13-17H2,1H3/t18-/m1/s1. The van der Waals surface area contributed by atoms with Crippen molar-refractivity contribution in [2.24, 2.45) is 0 Å². The molecule has 2 N–H and O–H groups in total. The average molecular weight is 343 g/mol. The zero-order valence-electron chi connectivity index (χ0n) is 15.0. The summed E-state index contributed by atoms with van der Waals surface area (Å²) in [4.78, 5) is 2.10. The van der Waals surface area contributed by atoms with Gasteiger partial charge in [-0.2, -0.15) is 0 Å².